The summed E-state index contributed by atoms with van der Waals surface area (Å²) in [4.78, 5) is 12.9. The highest BCUT2D eigenvalue weighted by Gasteiger charge is 2.08. The summed E-state index contributed by atoms with van der Waals surface area (Å²) in [5.41, 5.74) is 7.01. The second-order valence-corrected chi connectivity index (χ2v) is 4.83. The van der Waals surface area contributed by atoms with Crippen LogP contribution in [0.25, 0.3) is 0 Å². The second kappa shape index (κ2) is 5.75. The van der Waals surface area contributed by atoms with Crippen LogP contribution in [0.4, 0.5) is 5.95 Å². The summed E-state index contributed by atoms with van der Waals surface area (Å²) in [5, 5.41) is 3.23. The van der Waals surface area contributed by atoms with E-state index >= 15 is 0 Å². The van der Waals surface area contributed by atoms with Gasteiger partial charge in [0.25, 0.3) is 0 Å². The lowest BCUT2D eigenvalue weighted by molar-refractivity contribution is 0.614. The minimum atomic E-state index is 0.162. The molecule has 2 heterocycles. The molecule has 0 aliphatic rings. The summed E-state index contributed by atoms with van der Waals surface area (Å²) in [7, 11) is 0. The average molecular weight is 276 g/mol. The van der Waals surface area contributed by atoms with Crippen molar-refractivity contribution in [3.63, 3.8) is 0 Å². The smallest absolute Gasteiger partial charge is 0.223 e. The zero-order valence-electron chi connectivity index (χ0n) is 10.9. The van der Waals surface area contributed by atoms with Crippen LogP contribution in [0.15, 0.2) is 24.8 Å². The molecule has 100 valence electrons. The molecular formula is C12H16N6S. The van der Waals surface area contributed by atoms with Crippen LogP contribution in [0.5, 0.6) is 0 Å². The van der Waals surface area contributed by atoms with Gasteiger partial charge in [-0.2, -0.15) is 0 Å². The molecule has 0 saturated heterocycles. The van der Waals surface area contributed by atoms with Crippen molar-refractivity contribution in [1.29, 1.82) is 0 Å². The second-order valence-electron chi connectivity index (χ2n) is 4.39. The highest BCUT2D eigenvalue weighted by Crippen LogP contribution is 2.07. The van der Waals surface area contributed by atoms with Crippen molar-refractivity contribution < 1.29 is 0 Å². The molecule has 0 aromatic carbocycles. The van der Waals surface area contributed by atoms with Gasteiger partial charge < -0.3 is 15.6 Å². The Bertz CT molecular complexity index is 566. The molecular weight excluding hydrogens is 260 g/mol. The summed E-state index contributed by atoms with van der Waals surface area (Å²) in [6.07, 6.45) is 5.44. The molecule has 0 spiro atoms. The lowest BCUT2D eigenvalue weighted by atomic mass is 10.3. The predicted octanol–water partition coefficient (Wildman–Crippen LogP) is 1.12. The van der Waals surface area contributed by atoms with E-state index in [4.69, 9.17) is 18.0 Å². The number of nitrogens with zero attached hydrogens (tertiary/aromatic N) is 4. The molecule has 0 bridgehead atoms. The fourth-order valence-corrected chi connectivity index (χ4v) is 1.84. The van der Waals surface area contributed by atoms with Crippen molar-refractivity contribution >= 4 is 23.2 Å². The summed E-state index contributed by atoms with van der Waals surface area (Å²) < 4.78 is 1.99. The number of aromatic nitrogens is 4. The number of rotatable bonds is 5. The van der Waals surface area contributed by atoms with Crippen molar-refractivity contribution in [2.24, 2.45) is 5.73 Å². The van der Waals surface area contributed by atoms with E-state index in [2.05, 4.69) is 20.3 Å². The van der Waals surface area contributed by atoms with Gasteiger partial charge in [-0.3, -0.25) is 0 Å². The molecule has 0 amide bonds. The molecule has 1 unspecified atom stereocenters. The Morgan fingerprint density at radius 2 is 2.32 bits per heavy atom. The molecule has 2 aromatic heterocycles. The number of hydrogen-bond acceptors (Lipinski definition) is 5. The SMILES string of the molecule is Cc1cc(C(N)=S)nc(NC(C)Cn2ccnc2)n1. The zero-order chi connectivity index (χ0) is 13.8. The van der Waals surface area contributed by atoms with Crippen LogP contribution in [0.1, 0.15) is 18.3 Å². The van der Waals surface area contributed by atoms with Crippen LogP contribution in [-0.2, 0) is 6.54 Å². The first-order chi connectivity index (χ1) is 9.04. The number of anilines is 1. The zero-order valence-corrected chi connectivity index (χ0v) is 11.7. The van der Waals surface area contributed by atoms with E-state index in [1.807, 2.05) is 24.6 Å². The molecule has 19 heavy (non-hydrogen) atoms. The predicted molar refractivity (Wildman–Crippen MR) is 78.0 cm³/mol. The van der Waals surface area contributed by atoms with Gasteiger partial charge in [0, 0.05) is 30.7 Å². The molecule has 0 radical (unpaired) electrons. The molecule has 3 N–H and O–H groups in total. The third-order valence-corrected chi connectivity index (χ3v) is 2.74. The first-order valence-electron chi connectivity index (χ1n) is 5.92. The normalized spacial score (nSPS) is 12.1. The van der Waals surface area contributed by atoms with Gasteiger partial charge in [0.15, 0.2) is 0 Å². The van der Waals surface area contributed by atoms with Crippen LogP contribution in [0.2, 0.25) is 0 Å². The molecule has 1 atom stereocenters. The number of nitrogens with one attached hydrogen (secondary N) is 1. The topological polar surface area (TPSA) is 81.6 Å². The third kappa shape index (κ3) is 3.72. The largest absolute Gasteiger partial charge is 0.388 e. The van der Waals surface area contributed by atoms with Crippen LogP contribution < -0.4 is 11.1 Å². The van der Waals surface area contributed by atoms with Crippen molar-refractivity contribution in [3.05, 3.63) is 36.2 Å². The first kappa shape index (κ1) is 13.4. The minimum absolute atomic E-state index is 0.162. The summed E-state index contributed by atoms with van der Waals surface area (Å²) in [6, 6.07) is 1.93. The highest BCUT2D eigenvalue weighted by molar-refractivity contribution is 7.80. The van der Waals surface area contributed by atoms with E-state index in [1.54, 1.807) is 18.6 Å². The number of aryl methyl sites for hydroxylation is 1. The standard InChI is InChI=1S/C12H16N6S/c1-8-5-10(11(13)19)17-12(15-8)16-9(2)6-18-4-3-14-7-18/h3-5,7,9H,6H2,1-2H3,(H2,13,19)(H,15,16,17). The lowest BCUT2D eigenvalue weighted by Crippen LogP contribution is -2.24. The maximum Gasteiger partial charge on any atom is 0.223 e. The molecule has 7 heteroatoms. The Morgan fingerprint density at radius 3 is 2.95 bits per heavy atom. The fraction of sp³-hybridized carbons (Fsp3) is 0.333. The van der Waals surface area contributed by atoms with Gasteiger partial charge in [-0.25, -0.2) is 15.0 Å². The van der Waals surface area contributed by atoms with Crippen LogP contribution in [-0.4, -0.2) is 30.5 Å². The molecule has 0 saturated carbocycles. The summed E-state index contributed by atoms with van der Waals surface area (Å²) in [6.45, 7) is 4.71. The summed E-state index contributed by atoms with van der Waals surface area (Å²) >= 11 is 4.94. The Hall–Kier alpha value is -2.02. The quantitative estimate of drug-likeness (QED) is 0.796. The van der Waals surface area contributed by atoms with Gasteiger partial charge in [0.1, 0.15) is 10.7 Å². The molecule has 6 nitrogen and oxygen atoms in total. The van der Waals surface area contributed by atoms with Gasteiger partial charge in [-0.05, 0) is 19.9 Å². The van der Waals surface area contributed by atoms with E-state index in [0.717, 1.165) is 12.2 Å². The maximum atomic E-state index is 5.59. The van der Waals surface area contributed by atoms with Gasteiger partial charge >= 0.3 is 0 Å². The molecule has 0 fully saturated rings. The van der Waals surface area contributed by atoms with E-state index in [0.29, 0.717) is 11.6 Å². The van der Waals surface area contributed by atoms with E-state index in [1.165, 1.54) is 0 Å². The Balaban J connectivity index is 2.08. The maximum absolute atomic E-state index is 5.59. The van der Waals surface area contributed by atoms with Gasteiger partial charge in [0.2, 0.25) is 5.95 Å². The average Bonchev–Trinajstić information content (AvgIpc) is 2.80. The number of thiocarbonyl (C=S) groups is 1. The Labute approximate surface area is 117 Å². The Kier molecular flexibility index (Phi) is 4.06. The monoisotopic (exact) mass is 276 g/mol. The van der Waals surface area contributed by atoms with Crippen molar-refractivity contribution in [2.45, 2.75) is 26.4 Å². The van der Waals surface area contributed by atoms with Crippen LogP contribution >= 0.6 is 12.2 Å². The molecule has 2 aromatic rings. The minimum Gasteiger partial charge on any atom is -0.388 e. The van der Waals surface area contributed by atoms with Gasteiger partial charge in [0.05, 0.1) is 6.33 Å². The fourth-order valence-electron chi connectivity index (χ4n) is 1.74. The van der Waals surface area contributed by atoms with Gasteiger partial charge in [-0.15, -0.1) is 0 Å². The van der Waals surface area contributed by atoms with Crippen LogP contribution in [0, 0.1) is 6.92 Å². The van der Waals surface area contributed by atoms with Crippen molar-refractivity contribution in [3.8, 4) is 0 Å². The van der Waals surface area contributed by atoms with E-state index in [9.17, 15) is 0 Å². The molecule has 0 aliphatic heterocycles. The summed E-state index contributed by atoms with van der Waals surface area (Å²) in [5.74, 6) is 0.537. The van der Waals surface area contributed by atoms with Gasteiger partial charge in [-0.1, -0.05) is 12.2 Å². The molecule has 0 aliphatic carbocycles. The van der Waals surface area contributed by atoms with Crippen molar-refractivity contribution in [2.75, 3.05) is 5.32 Å². The lowest BCUT2D eigenvalue weighted by Gasteiger charge is -2.15. The first-order valence-corrected chi connectivity index (χ1v) is 6.33. The Morgan fingerprint density at radius 1 is 1.53 bits per heavy atom. The number of imidazole rings is 1. The third-order valence-electron chi connectivity index (χ3n) is 2.53. The highest BCUT2D eigenvalue weighted by atomic mass is 32.1. The van der Waals surface area contributed by atoms with Crippen LogP contribution in [0.3, 0.4) is 0 Å². The molecule has 2 rings (SSSR count). The number of hydrogen-bond donors (Lipinski definition) is 2. The number of nitrogens with two attached hydrogens (primary N) is 1. The van der Waals surface area contributed by atoms with E-state index in [-0.39, 0.29) is 11.0 Å². The van der Waals surface area contributed by atoms with Crippen molar-refractivity contribution in [1.82, 2.24) is 19.5 Å². The van der Waals surface area contributed by atoms with E-state index < -0.39 is 0 Å².